The Morgan fingerprint density at radius 1 is 1.26 bits per heavy atom. The SMILES string of the molecule is CCN1C[C@H](c2ccccc2)CC2(CCN(C(=O)c3ncoc3C)CC2)C1. The van der Waals surface area contributed by atoms with E-state index in [1.54, 1.807) is 6.92 Å². The quantitative estimate of drug-likeness (QED) is 0.830. The van der Waals surface area contributed by atoms with Crippen LogP contribution in [0.1, 0.15) is 53.9 Å². The molecular weight excluding hydrogens is 338 g/mol. The highest BCUT2D eigenvalue weighted by molar-refractivity contribution is 5.93. The van der Waals surface area contributed by atoms with Crippen LogP contribution in [0.15, 0.2) is 41.1 Å². The topological polar surface area (TPSA) is 49.6 Å². The number of aromatic nitrogens is 1. The molecule has 2 saturated heterocycles. The molecule has 5 nitrogen and oxygen atoms in total. The third-order valence-electron chi connectivity index (χ3n) is 6.49. The molecule has 1 aromatic heterocycles. The molecule has 0 radical (unpaired) electrons. The van der Waals surface area contributed by atoms with E-state index >= 15 is 0 Å². The van der Waals surface area contributed by atoms with Crippen LogP contribution in [0.3, 0.4) is 0 Å². The molecule has 3 heterocycles. The zero-order valence-electron chi connectivity index (χ0n) is 16.4. The van der Waals surface area contributed by atoms with Gasteiger partial charge in [0.1, 0.15) is 5.76 Å². The van der Waals surface area contributed by atoms with Gasteiger partial charge >= 0.3 is 0 Å². The molecule has 1 spiro atoms. The molecule has 2 aliphatic rings. The van der Waals surface area contributed by atoms with Gasteiger partial charge in [-0.15, -0.1) is 0 Å². The summed E-state index contributed by atoms with van der Waals surface area (Å²) in [4.78, 5) is 21.4. The second-order valence-corrected chi connectivity index (χ2v) is 8.19. The number of carbonyl (C=O) groups excluding carboxylic acids is 1. The summed E-state index contributed by atoms with van der Waals surface area (Å²) in [5.74, 6) is 1.21. The van der Waals surface area contributed by atoms with Crippen LogP contribution in [0.4, 0.5) is 0 Å². The predicted octanol–water partition coefficient (Wildman–Crippen LogP) is 3.71. The van der Waals surface area contributed by atoms with Gasteiger partial charge in [0, 0.05) is 26.2 Å². The fraction of sp³-hybridized carbons (Fsp3) is 0.545. The van der Waals surface area contributed by atoms with Crippen LogP contribution >= 0.6 is 0 Å². The first-order valence-electron chi connectivity index (χ1n) is 10.1. The Morgan fingerprint density at radius 2 is 2.00 bits per heavy atom. The van der Waals surface area contributed by atoms with E-state index in [1.165, 1.54) is 18.4 Å². The number of benzene rings is 1. The summed E-state index contributed by atoms with van der Waals surface area (Å²) in [6.07, 6.45) is 4.71. The van der Waals surface area contributed by atoms with Gasteiger partial charge in [0.15, 0.2) is 12.1 Å². The number of aryl methyl sites for hydroxylation is 1. The first-order chi connectivity index (χ1) is 13.1. The Morgan fingerprint density at radius 3 is 2.63 bits per heavy atom. The maximum atomic E-state index is 12.8. The van der Waals surface area contributed by atoms with Gasteiger partial charge < -0.3 is 14.2 Å². The number of hydrogen-bond donors (Lipinski definition) is 0. The Hall–Kier alpha value is -2.14. The van der Waals surface area contributed by atoms with E-state index in [0.29, 0.717) is 22.8 Å². The molecule has 1 aromatic carbocycles. The number of amides is 1. The largest absolute Gasteiger partial charge is 0.448 e. The van der Waals surface area contributed by atoms with E-state index in [4.69, 9.17) is 4.42 Å². The lowest BCUT2D eigenvalue weighted by Crippen LogP contribution is -2.52. The molecule has 2 aliphatic heterocycles. The van der Waals surface area contributed by atoms with Crippen molar-refractivity contribution in [2.24, 2.45) is 5.41 Å². The number of likely N-dealkylation sites (N-methyl/N-ethyl adjacent to an activating group) is 1. The minimum Gasteiger partial charge on any atom is -0.448 e. The van der Waals surface area contributed by atoms with Crippen molar-refractivity contribution in [3.05, 3.63) is 53.7 Å². The van der Waals surface area contributed by atoms with Crippen molar-refractivity contribution in [3.8, 4) is 0 Å². The molecule has 2 aromatic rings. The molecule has 0 N–H and O–H groups in total. The first-order valence-corrected chi connectivity index (χ1v) is 10.1. The molecule has 1 amide bonds. The Bertz CT molecular complexity index is 778. The van der Waals surface area contributed by atoms with Gasteiger partial charge in [-0.05, 0) is 49.6 Å². The fourth-order valence-electron chi connectivity index (χ4n) is 4.90. The van der Waals surface area contributed by atoms with Crippen molar-refractivity contribution < 1.29 is 9.21 Å². The first kappa shape index (κ1) is 18.2. The van der Waals surface area contributed by atoms with Crippen molar-refractivity contribution in [1.82, 2.24) is 14.8 Å². The van der Waals surface area contributed by atoms with E-state index in [-0.39, 0.29) is 5.91 Å². The zero-order valence-corrected chi connectivity index (χ0v) is 16.4. The van der Waals surface area contributed by atoms with Gasteiger partial charge in [-0.2, -0.15) is 0 Å². The third-order valence-corrected chi connectivity index (χ3v) is 6.49. The highest BCUT2D eigenvalue weighted by Gasteiger charge is 2.42. The summed E-state index contributed by atoms with van der Waals surface area (Å²) in [5, 5.41) is 0. The Labute approximate surface area is 161 Å². The minimum atomic E-state index is 0.0128. The second-order valence-electron chi connectivity index (χ2n) is 8.19. The lowest BCUT2D eigenvalue weighted by molar-refractivity contribution is 0.0156. The van der Waals surface area contributed by atoms with Gasteiger partial charge in [0.2, 0.25) is 0 Å². The van der Waals surface area contributed by atoms with Crippen molar-refractivity contribution in [2.45, 2.75) is 39.0 Å². The molecule has 0 saturated carbocycles. The monoisotopic (exact) mass is 367 g/mol. The lowest BCUT2D eigenvalue weighted by Gasteiger charge is -2.50. The molecule has 0 bridgehead atoms. The highest BCUT2D eigenvalue weighted by Crippen LogP contribution is 2.45. The van der Waals surface area contributed by atoms with E-state index in [2.05, 4.69) is 47.1 Å². The predicted molar refractivity (Wildman–Crippen MR) is 105 cm³/mol. The molecule has 4 rings (SSSR count). The van der Waals surface area contributed by atoms with Crippen molar-refractivity contribution in [1.29, 1.82) is 0 Å². The summed E-state index contributed by atoms with van der Waals surface area (Å²) < 4.78 is 5.21. The van der Waals surface area contributed by atoms with Crippen molar-refractivity contribution >= 4 is 5.91 Å². The number of oxazole rings is 1. The second kappa shape index (κ2) is 7.47. The van der Waals surface area contributed by atoms with Gasteiger partial charge in [-0.25, -0.2) is 4.98 Å². The number of rotatable bonds is 3. The molecule has 2 fully saturated rings. The van der Waals surface area contributed by atoms with Gasteiger partial charge in [-0.1, -0.05) is 37.3 Å². The van der Waals surface area contributed by atoms with Crippen LogP contribution in [-0.2, 0) is 0 Å². The molecule has 0 unspecified atom stereocenters. The van der Waals surface area contributed by atoms with Crippen LogP contribution < -0.4 is 0 Å². The molecule has 1 atom stereocenters. The average Bonchev–Trinajstić information content (AvgIpc) is 3.14. The standard InChI is InChI=1S/C22H29N3O2/c1-3-24-14-19(18-7-5-4-6-8-18)13-22(15-24)9-11-25(12-10-22)21(26)20-17(2)27-16-23-20/h4-8,16,19H,3,9-15H2,1-2H3/t19-/m1/s1. The summed E-state index contributed by atoms with van der Waals surface area (Å²) in [5.41, 5.74) is 2.23. The van der Waals surface area contributed by atoms with Crippen molar-refractivity contribution in [2.75, 3.05) is 32.7 Å². The van der Waals surface area contributed by atoms with Gasteiger partial charge in [-0.3, -0.25) is 4.79 Å². The molecule has 144 valence electrons. The van der Waals surface area contributed by atoms with E-state index < -0.39 is 0 Å². The van der Waals surface area contributed by atoms with Crippen LogP contribution in [0, 0.1) is 12.3 Å². The molecule has 0 aliphatic carbocycles. The van der Waals surface area contributed by atoms with Gasteiger partial charge in [0.25, 0.3) is 5.91 Å². The van der Waals surface area contributed by atoms with Crippen LogP contribution in [0.25, 0.3) is 0 Å². The summed E-state index contributed by atoms with van der Waals surface area (Å²) in [6, 6.07) is 10.9. The lowest BCUT2D eigenvalue weighted by atomic mass is 9.68. The number of piperidine rings is 2. The van der Waals surface area contributed by atoms with Crippen LogP contribution in [-0.4, -0.2) is 53.4 Å². The number of hydrogen-bond acceptors (Lipinski definition) is 4. The van der Waals surface area contributed by atoms with E-state index in [9.17, 15) is 4.79 Å². The Balaban J connectivity index is 1.47. The number of likely N-dealkylation sites (tertiary alicyclic amines) is 2. The summed E-state index contributed by atoms with van der Waals surface area (Å²) >= 11 is 0. The number of carbonyl (C=O) groups is 1. The van der Waals surface area contributed by atoms with Crippen molar-refractivity contribution in [3.63, 3.8) is 0 Å². The normalized spacial score (nSPS) is 22.9. The fourth-order valence-corrected chi connectivity index (χ4v) is 4.90. The van der Waals surface area contributed by atoms with E-state index in [1.807, 2.05) is 4.90 Å². The molecular formula is C22H29N3O2. The third kappa shape index (κ3) is 3.65. The summed E-state index contributed by atoms with van der Waals surface area (Å²) in [7, 11) is 0. The number of nitrogens with zero attached hydrogens (tertiary/aromatic N) is 3. The Kier molecular flexibility index (Phi) is 5.04. The van der Waals surface area contributed by atoms with E-state index in [0.717, 1.165) is 45.6 Å². The molecule has 5 heteroatoms. The van der Waals surface area contributed by atoms with Gasteiger partial charge in [0.05, 0.1) is 0 Å². The maximum absolute atomic E-state index is 12.8. The minimum absolute atomic E-state index is 0.0128. The van der Waals surface area contributed by atoms with Crippen LogP contribution in [0.2, 0.25) is 0 Å². The maximum Gasteiger partial charge on any atom is 0.276 e. The molecule has 27 heavy (non-hydrogen) atoms. The summed E-state index contributed by atoms with van der Waals surface area (Å²) in [6.45, 7) is 9.06. The highest BCUT2D eigenvalue weighted by atomic mass is 16.3. The zero-order chi connectivity index (χ0) is 18.9. The van der Waals surface area contributed by atoms with Crippen LogP contribution in [0.5, 0.6) is 0 Å². The smallest absolute Gasteiger partial charge is 0.276 e. The average molecular weight is 367 g/mol.